The minimum absolute atomic E-state index is 0. The maximum absolute atomic E-state index is 11.0. The van der Waals surface area contributed by atoms with Crippen molar-refractivity contribution in [2.75, 3.05) is 39.5 Å². The van der Waals surface area contributed by atoms with Gasteiger partial charge in [0.2, 0.25) is 10.0 Å². The predicted molar refractivity (Wildman–Crippen MR) is 113 cm³/mol. The van der Waals surface area contributed by atoms with Crippen LogP contribution in [0.4, 0.5) is 0 Å². The first-order valence-electron chi connectivity index (χ1n) is 8.76. The molecule has 1 saturated carbocycles. The maximum Gasteiger partial charge on any atom is 0.208 e. The highest BCUT2D eigenvalue weighted by molar-refractivity contribution is 14.0. The van der Waals surface area contributed by atoms with Crippen LogP contribution >= 0.6 is 24.0 Å². The van der Waals surface area contributed by atoms with Crippen LogP contribution < -0.4 is 10.0 Å². The second-order valence-electron chi connectivity index (χ2n) is 6.76. The van der Waals surface area contributed by atoms with Crippen LogP contribution in [0.2, 0.25) is 0 Å². The highest BCUT2D eigenvalue weighted by atomic mass is 127. The number of nitrogens with one attached hydrogen (secondary N) is 2. The second-order valence-corrected chi connectivity index (χ2v) is 8.60. The third-order valence-corrected chi connectivity index (χ3v) is 5.05. The summed E-state index contributed by atoms with van der Waals surface area (Å²) < 4.78 is 24.5. The number of nitrogens with zero attached hydrogens (tertiary/aromatic N) is 2. The van der Waals surface area contributed by atoms with Gasteiger partial charge < -0.3 is 10.2 Å². The molecule has 0 amide bonds. The fourth-order valence-electron chi connectivity index (χ4n) is 2.98. The summed E-state index contributed by atoms with van der Waals surface area (Å²) >= 11 is 0. The van der Waals surface area contributed by atoms with E-state index in [1.54, 1.807) is 0 Å². The number of rotatable bonds is 8. The molecule has 2 N–H and O–H groups in total. The van der Waals surface area contributed by atoms with E-state index in [1.807, 2.05) is 0 Å². The van der Waals surface area contributed by atoms with Gasteiger partial charge in [-0.25, -0.2) is 13.1 Å². The van der Waals surface area contributed by atoms with Crippen molar-refractivity contribution in [1.82, 2.24) is 14.9 Å². The van der Waals surface area contributed by atoms with Crippen molar-refractivity contribution in [3.8, 4) is 0 Å². The number of sulfonamides is 1. The summed E-state index contributed by atoms with van der Waals surface area (Å²) in [6, 6.07) is 0. The minimum atomic E-state index is -3.10. The van der Waals surface area contributed by atoms with Gasteiger partial charge in [0, 0.05) is 33.2 Å². The molecule has 0 aromatic heterocycles. The lowest BCUT2D eigenvalue weighted by Crippen LogP contribution is -2.42. The van der Waals surface area contributed by atoms with Gasteiger partial charge in [0.1, 0.15) is 0 Å². The quantitative estimate of drug-likeness (QED) is 0.245. The Bertz CT molecular complexity index is 463. The van der Waals surface area contributed by atoms with Crippen LogP contribution in [0.1, 0.15) is 46.0 Å². The Kier molecular flexibility index (Phi) is 12.2. The zero-order valence-electron chi connectivity index (χ0n) is 15.5. The Morgan fingerprint density at radius 2 is 1.88 bits per heavy atom. The number of hydrogen-bond acceptors (Lipinski definition) is 3. The molecule has 144 valence electrons. The molecule has 0 spiro atoms. The van der Waals surface area contributed by atoms with Gasteiger partial charge in [-0.2, -0.15) is 0 Å². The first-order chi connectivity index (χ1) is 10.8. The summed E-state index contributed by atoms with van der Waals surface area (Å²) in [5.41, 5.74) is 0. The molecule has 0 heterocycles. The third-order valence-electron chi connectivity index (χ3n) is 4.32. The van der Waals surface area contributed by atoms with E-state index in [-0.39, 0.29) is 24.0 Å². The summed E-state index contributed by atoms with van der Waals surface area (Å²) in [6.45, 7) is 7.35. The molecule has 0 unspecified atom stereocenters. The zero-order valence-corrected chi connectivity index (χ0v) is 18.7. The number of guanidine groups is 1. The lowest BCUT2D eigenvalue weighted by atomic mass is 9.83. The van der Waals surface area contributed by atoms with Gasteiger partial charge in [-0.1, -0.05) is 19.8 Å². The molecule has 0 atom stereocenters. The van der Waals surface area contributed by atoms with Gasteiger partial charge >= 0.3 is 0 Å². The van der Waals surface area contributed by atoms with E-state index in [0.29, 0.717) is 19.5 Å². The zero-order chi connectivity index (χ0) is 17.3. The molecule has 0 saturated heterocycles. The largest absolute Gasteiger partial charge is 0.357 e. The van der Waals surface area contributed by atoms with Crippen LogP contribution in [-0.2, 0) is 10.0 Å². The third kappa shape index (κ3) is 10.7. The van der Waals surface area contributed by atoms with E-state index in [0.717, 1.165) is 30.9 Å². The Labute approximate surface area is 165 Å². The first-order valence-corrected chi connectivity index (χ1v) is 10.6. The lowest BCUT2D eigenvalue weighted by molar-refractivity contribution is 0.250. The van der Waals surface area contributed by atoms with Gasteiger partial charge in [0.25, 0.3) is 0 Å². The van der Waals surface area contributed by atoms with Crippen molar-refractivity contribution in [2.45, 2.75) is 46.0 Å². The fourth-order valence-corrected chi connectivity index (χ4v) is 3.49. The van der Waals surface area contributed by atoms with Crippen molar-refractivity contribution >= 4 is 40.0 Å². The Balaban J connectivity index is 0.00000529. The topological polar surface area (TPSA) is 73.8 Å². The molecule has 0 bridgehead atoms. The van der Waals surface area contributed by atoms with Crippen molar-refractivity contribution < 1.29 is 8.42 Å². The summed E-state index contributed by atoms with van der Waals surface area (Å²) in [7, 11) is -1.01. The van der Waals surface area contributed by atoms with E-state index < -0.39 is 10.0 Å². The van der Waals surface area contributed by atoms with Gasteiger partial charge in [-0.3, -0.25) is 4.99 Å². The molecule has 1 aliphatic carbocycles. The number of aliphatic imine (C=N–C) groups is 1. The molecule has 0 aromatic carbocycles. The Morgan fingerprint density at radius 3 is 2.42 bits per heavy atom. The number of halogens is 1. The van der Waals surface area contributed by atoms with Crippen LogP contribution in [0, 0.1) is 11.8 Å². The summed E-state index contributed by atoms with van der Waals surface area (Å²) in [4.78, 5) is 6.83. The fraction of sp³-hybridized carbons (Fsp3) is 0.938. The normalized spacial score (nSPS) is 21.9. The van der Waals surface area contributed by atoms with Crippen LogP contribution in [0.3, 0.4) is 0 Å². The van der Waals surface area contributed by atoms with Crippen molar-refractivity contribution in [3.63, 3.8) is 0 Å². The monoisotopic (exact) mass is 474 g/mol. The summed E-state index contributed by atoms with van der Waals surface area (Å²) in [5.74, 6) is 2.55. The van der Waals surface area contributed by atoms with Crippen molar-refractivity contribution in [1.29, 1.82) is 0 Å². The summed E-state index contributed by atoms with van der Waals surface area (Å²) in [5, 5.41) is 3.33. The molecule has 8 heteroatoms. The molecule has 1 rings (SSSR count). The standard InChI is InChI=1S/C16H34N4O2S.HI/c1-5-17-16(18-11-6-12-19-23(4,21)22)20(3)13-15-9-7-14(2)8-10-15;/h14-15,19H,5-13H2,1-4H3,(H,17,18);1H. The van der Waals surface area contributed by atoms with E-state index in [2.05, 4.69) is 40.8 Å². The average Bonchev–Trinajstić information content (AvgIpc) is 2.47. The van der Waals surface area contributed by atoms with Crippen LogP contribution in [0.5, 0.6) is 0 Å². The smallest absolute Gasteiger partial charge is 0.208 e. The molecule has 24 heavy (non-hydrogen) atoms. The summed E-state index contributed by atoms with van der Waals surface area (Å²) in [6.07, 6.45) is 7.18. The van der Waals surface area contributed by atoms with Gasteiger partial charge in [0.05, 0.1) is 6.26 Å². The average molecular weight is 474 g/mol. The minimum Gasteiger partial charge on any atom is -0.357 e. The first kappa shape index (κ1) is 23.9. The highest BCUT2D eigenvalue weighted by Gasteiger charge is 2.20. The Morgan fingerprint density at radius 1 is 1.25 bits per heavy atom. The number of hydrogen-bond donors (Lipinski definition) is 2. The maximum atomic E-state index is 11.0. The molecular formula is C16H35IN4O2S. The lowest BCUT2D eigenvalue weighted by Gasteiger charge is -2.31. The van der Waals surface area contributed by atoms with Crippen LogP contribution in [-0.4, -0.2) is 58.8 Å². The van der Waals surface area contributed by atoms with E-state index in [1.165, 1.54) is 31.9 Å². The van der Waals surface area contributed by atoms with Crippen LogP contribution in [0.15, 0.2) is 4.99 Å². The van der Waals surface area contributed by atoms with E-state index >= 15 is 0 Å². The molecule has 1 fully saturated rings. The van der Waals surface area contributed by atoms with E-state index in [9.17, 15) is 8.42 Å². The van der Waals surface area contributed by atoms with Crippen molar-refractivity contribution in [3.05, 3.63) is 0 Å². The second kappa shape index (κ2) is 12.3. The highest BCUT2D eigenvalue weighted by Crippen LogP contribution is 2.28. The van der Waals surface area contributed by atoms with Crippen molar-refractivity contribution in [2.24, 2.45) is 16.8 Å². The van der Waals surface area contributed by atoms with Crippen LogP contribution in [0.25, 0.3) is 0 Å². The van der Waals surface area contributed by atoms with Gasteiger partial charge in [-0.15, -0.1) is 24.0 Å². The molecule has 6 nitrogen and oxygen atoms in total. The molecule has 0 aromatic rings. The SMILES string of the molecule is CCNC(=NCCCNS(C)(=O)=O)N(C)CC1CCC(C)CC1.I. The molecule has 1 aliphatic rings. The Hall–Kier alpha value is -0.0900. The molecule has 0 radical (unpaired) electrons. The predicted octanol–water partition coefficient (Wildman–Crippen LogP) is 2.27. The van der Waals surface area contributed by atoms with Gasteiger partial charge in [-0.05, 0) is 38.0 Å². The van der Waals surface area contributed by atoms with E-state index in [4.69, 9.17) is 0 Å². The van der Waals surface area contributed by atoms with Gasteiger partial charge in [0.15, 0.2) is 5.96 Å². The molecular weight excluding hydrogens is 439 g/mol. The molecule has 0 aliphatic heterocycles.